The van der Waals surface area contributed by atoms with Crippen LogP contribution in [0, 0.1) is 0 Å². The molecule has 136 valence electrons. The fourth-order valence-corrected chi connectivity index (χ4v) is 3.99. The Labute approximate surface area is 166 Å². The predicted octanol–water partition coefficient (Wildman–Crippen LogP) is 5.24. The molecule has 7 heteroatoms. The van der Waals surface area contributed by atoms with Gasteiger partial charge in [0.15, 0.2) is 11.5 Å². The molecule has 5 rings (SSSR count). The molecule has 0 radical (unpaired) electrons. The molecule has 0 aliphatic carbocycles. The van der Waals surface area contributed by atoms with E-state index >= 15 is 0 Å². The third kappa shape index (κ3) is 2.82. The number of halogens is 2. The molecule has 0 atom stereocenters. The first-order valence-electron chi connectivity index (χ1n) is 9.06. The van der Waals surface area contributed by atoms with Gasteiger partial charge in [-0.1, -0.05) is 35.3 Å². The van der Waals surface area contributed by atoms with Crippen LogP contribution >= 0.6 is 23.2 Å². The Morgan fingerprint density at radius 3 is 2.48 bits per heavy atom. The second-order valence-electron chi connectivity index (χ2n) is 6.79. The Morgan fingerprint density at radius 1 is 0.852 bits per heavy atom. The number of fused-ring (bicyclic) bond motifs is 3. The zero-order valence-electron chi connectivity index (χ0n) is 14.6. The molecule has 1 saturated heterocycles. The molecule has 3 heterocycles. The second-order valence-corrected chi connectivity index (χ2v) is 7.60. The molecule has 0 amide bonds. The van der Waals surface area contributed by atoms with Gasteiger partial charge in [-0.2, -0.15) is 0 Å². The maximum atomic E-state index is 6.25. The first-order valence-corrected chi connectivity index (χ1v) is 9.82. The zero-order valence-corrected chi connectivity index (χ0v) is 16.1. The number of para-hydroxylation sites is 1. The van der Waals surface area contributed by atoms with Gasteiger partial charge < -0.3 is 4.90 Å². The topological polar surface area (TPSA) is 46.3 Å². The summed E-state index contributed by atoms with van der Waals surface area (Å²) >= 11 is 12.3. The highest BCUT2D eigenvalue weighted by Gasteiger charge is 2.21. The molecule has 0 N–H and O–H groups in total. The van der Waals surface area contributed by atoms with Crippen molar-refractivity contribution in [2.75, 3.05) is 18.0 Å². The Kier molecular flexibility index (Phi) is 4.14. The molecule has 0 unspecified atom stereocenters. The minimum atomic E-state index is 0.499. The second kappa shape index (κ2) is 6.66. The van der Waals surface area contributed by atoms with Gasteiger partial charge in [0.05, 0.1) is 15.6 Å². The smallest absolute Gasteiger partial charge is 0.213 e. The molecular weight excluding hydrogens is 381 g/mol. The quantitative estimate of drug-likeness (QED) is 0.463. The van der Waals surface area contributed by atoms with E-state index in [2.05, 4.69) is 15.1 Å². The van der Waals surface area contributed by atoms with Gasteiger partial charge in [0.25, 0.3) is 0 Å². The van der Waals surface area contributed by atoms with Crippen molar-refractivity contribution in [2.24, 2.45) is 0 Å². The first kappa shape index (κ1) is 16.8. The minimum absolute atomic E-state index is 0.499. The molecule has 1 aliphatic heterocycles. The van der Waals surface area contributed by atoms with E-state index in [4.69, 9.17) is 28.2 Å². The Morgan fingerprint density at radius 2 is 1.67 bits per heavy atom. The monoisotopic (exact) mass is 397 g/mol. The van der Waals surface area contributed by atoms with Crippen molar-refractivity contribution in [1.82, 2.24) is 19.6 Å². The molecule has 1 fully saturated rings. The van der Waals surface area contributed by atoms with E-state index in [1.165, 1.54) is 19.3 Å². The van der Waals surface area contributed by atoms with Crippen LogP contribution < -0.4 is 4.90 Å². The maximum absolute atomic E-state index is 6.25. The van der Waals surface area contributed by atoms with Gasteiger partial charge in [-0.05, 0) is 49.6 Å². The van der Waals surface area contributed by atoms with Gasteiger partial charge in [0, 0.05) is 24.0 Å². The van der Waals surface area contributed by atoms with Crippen molar-refractivity contribution >= 4 is 45.7 Å². The third-order valence-electron chi connectivity index (χ3n) is 5.05. The van der Waals surface area contributed by atoms with Crippen LogP contribution in [0.15, 0.2) is 42.5 Å². The third-order valence-corrected chi connectivity index (χ3v) is 5.78. The van der Waals surface area contributed by atoms with Crippen molar-refractivity contribution in [3.05, 3.63) is 52.5 Å². The number of anilines is 1. The van der Waals surface area contributed by atoms with Crippen molar-refractivity contribution in [2.45, 2.75) is 19.3 Å². The number of nitrogens with zero attached hydrogens (tertiary/aromatic N) is 5. The Hall–Kier alpha value is -2.37. The van der Waals surface area contributed by atoms with E-state index in [0.717, 1.165) is 47.0 Å². The first-order chi connectivity index (χ1) is 13.2. The molecule has 27 heavy (non-hydrogen) atoms. The van der Waals surface area contributed by atoms with Gasteiger partial charge in [-0.15, -0.1) is 10.2 Å². The molecular formula is C20H17Cl2N5. The van der Waals surface area contributed by atoms with Crippen LogP contribution in [0.25, 0.3) is 27.9 Å². The normalized spacial score (nSPS) is 15.0. The molecule has 2 aromatic carbocycles. The number of aromatic nitrogens is 4. The Balaban J connectivity index is 1.81. The van der Waals surface area contributed by atoms with Crippen LogP contribution in [0.5, 0.6) is 0 Å². The summed E-state index contributed by atoms with van der Waals surface area (Å²) in [6, 6.07) is 13.6. The van der Waals surface area contributed by atoms with Gasteiger partial charge >= 0.3 is 0 Å². The lowest BCUT2D eigenvalue weighted by Gasteiger charge is -2.28. The van der Waals surface area contributed by atoms with Crippen LogP contribution in [-0.2, 0) is 0 Å². The average Bonchev–Trinajstić information content (AvgIpc) is 3.15. The summed E-state index contributed by atoms with van der Waals surface area (Å²) < 4.78 is 2.05. The number of piperidine rings is 1. The predicted molar refractivity (Wildman–Crippen MR) is 110 cm³/mol. The molecule has 4 aromatic rings. The summed E-state index contributed by atoms with van der Waals surface area (Å²) in [6.07, 6.45) is 3.59. The lowest BCUT2D eigenvalue weighted by molar-refractivity contribution is 0.567. The molecule has 0 saturated carbocycles. The molecule has 5 nitrogen and oxygen atoms in total. The average molecular weight is 398 g/mol. The van der Waals surface area contributed by atoms with E-state index in [1.807, 2.05) is 40.8 Å². The summed E-state index contributed by atoms with van der Waals surface area (Å²) in [5.41, 5.74) is 2.60. The summed E-state index contributed by atoms with van der Waals surface area (Å²) in [7, 11) is 0. The molecule has 0 spiro atoms. The highest BCUT2D eigenvalue weighted by atomic mass is 35.5. The van der Waals surface area contributed by atoms with Crippen LogP contribution in [0.1, 0.15) is 19.3 Å². The number of hydrogen-bond donors (Lipinski definition) is 0. The lowest BCUT2D eigenvalue weighted by Crippen LogP contribution is -2.32. The van der Waals surface area contributed by atoms with E-state index in [9.17, 15) is 0 Å². The van der Waals surface area contributed by atoms with Crippen LogP contribution in [0.2, 0.25) is 10.0 Å². The highest BCUT2D eigenvalue weighted by molar-refractivity contribution is 6.42. The molecule has 1 aliphatic rings. The number of benzene rings is 2. The van der Waals surface area contributed by atoms with Crippen molar-refractivity contribution < 1.29 is 0 Å². The van der Waals surface area contributed by atoms with Crippen molar-refractivity contribution in [3.63, 3.8) is 0 Å². The minimum Gasteiger partial charge on any atom is -0.342 e. The fraction of sp³-hybridized carbons (Fsp3) is 0.250. The van der Waals surface area contributed by atoms with Crippen LogP contribution in [-0.4, -0.2) is 32.7 Å². The van der Waals surface area contributed by atoms with Crippen molar-refractivity contribution in [3.8, 4) is 11.4 Å². The number of hydrogen-bond acceptors (Lipinski definition) is 4. The van der Waals surface area contributed by atoms with Gasteiger partial charge in [0.1, 0.15) is 0 Å². The fourth-order valence-electron chi connectivity index (χ4n) is 3.69. The van der Waals surface area contributed by atoms with Crippen LogP contribution in [0.4, 0.5) is 5.95 Å². The number of rotatable bonds is 2. The van der Waals surface area contributed by atoms with Gasteiger partial charge in [0.2, 0.25) is 5.95 Å². The van der Waals surface area contributed by atoms with E-state index in [0.29, 0.717) is 10.0 Å². The van der Waals surface area contributed by atoms with E-state index in [-0.39, 0.29) is 0 Å². The van der Waals surface area contributed by atoms with Gasteiger partial charge in [-0.25, -0.2) is 9.38 Å². The highest BCUT2D eigenvalue weighted by Crippen LogP contribution is 2.32. The van der Waals surface area contributed by atoms with Crippen LogP contribution in [0.3, 0.4) is 0 Å². The molecule has 2 aromatic heterocycles. The summed E-state index contributed by atoms with van der Waals surface area (Å²) in [5.74, 6) is 1.61. The maximum Gasteiger partial charge on any atom is 0.213 e. The lowest BCUT2D eigenvalue weighted by atomic mass is 10.1. The zero-order chi connectivity index (χ0) is 18.4. The van der Waals surface area contributed by atoms with Crippen molar-refractivity contribution in [1.29, 1.82) is 0 Å². The van der Waals surface area contributed by atoms with E-state index < -0.39 is 0 Å². The standard InChI is InChI=1S/C20H17Cl2N5/c21-15-9-8-13(12-16(15)22)18-24-25-19-14-6-2-3-7-17(14)23-20(27(18)19)26-10-4-1-5-11-26/h2-3,6-9,12H,1,4-5,10-11H2. The summed E-state index contributed by atoms with van der Waals surface area (Å²) in [5, 5.41) is 11.0. The van der Waals surface area contributed by atoms with Gasteiger partial charge in [-0.3, -0.25) is 0 Å². The summed E-state index contributed by atoms with van der Waals surface area (Å²) in [4.78, 5) is 7.30. The van der Waals surface area contributed by atoms with E-state index in [1.54, 1.807) is 6.07 Å². The summed E-state index contributed by atoms with van der Waals surface area (Å²) in [6.45, 7) is 1.97. The Bertz CT molecular complexity index is 1150. The largest absolute Gasteiger partial charge is 0.342 e. The SMILES string of the molecule is Clc1ccc(-c2nnc3c4ccccc4nc(N4CCCCC4)n23)cc1Cl. The molecule has 0 bridgehead atoms.